The minimum absolute atomic E-state index is 0.801. The van der Waals surface area contributed by atoms with Crippen LogP contribution in [0.4, 0.5) is 0 Å². The summed E-state index contributed by atoms with van der Waals surface area (Å²) in [5.41, 5.74) is 0. The molecule has 0 fully saturated rings. The molecule has 0 rings (SSSR count). The Morgan fingerprint density at radius 2 is 2.33 bits per heavy atom. The van der Waals surface area contributed by atoms with Gasteiger partial charge in [-0.2, -0.15) is 5.10 Å². The number of hydrazone groups is 1. The van der Waals surface area contributed by atoms with Crippen LogP contribution < -0.4 is 0 Å². The maximum Gasteiger partial charge on any atom is 0.135 e. The highest BCUT2D eigenvalue weighted by atomic mass is 15.4. The molecule has 3 nitrogen and oxygen atoms in total. The fourth-order valence-electron chi connectivity index (χ4n) is 0.361. The lowest BCUT2D eigenvalue weighted by atomic mass is 10.7. The summed E-state index contributed by atoms with van der Waals surface area (Å²) < 4.78 is 0. The summed E-state index contributed by atoms with van der Waals surface area (Å²) in [6.07, 6.45) is 3.01. The van der Waals surface area contributed by atoms with Crippen molar-refractivity contribution in [3.05, 3.63) is 12.8 Å². The average Bonchev–Trinajstić information content (AvgIpc) is 1.91. The molecule has 0 bridgehead atoms. The highest BCUT2D eigenvalue weighted by molar-refractivity contribution is 5.61. The Bertz CT molecular complexity index is 117. The van der Waals surface area contributed by atoms with Crippen LogP contribution in [0, 0.1) is 0 Å². The van der Waals surface area contributed by atoms with E-state index in [2.05, 4.69) is 23.4 Å². The predicted octanol–water partition coefficient (Wildman–Crippen LogP) is 1.10. The van der Waals surface area contributed by atoms with Crippen LogP contribution in [0.3, 0.4) is 0 Å². The third-order valence-electron chi connectivity index (χ3n) is 0.816. The summed E-state index contributed by atoms with van der Waals surface area (Å²) in [4.78, 5) is 3.44. The predicted molar refractivity (Wildman–Crippen MR) is 40.6 cm³/mol. The molecule has 0 saturated heterocycles. The van der Waals surface area contributed by atoms with Crippen molar-refractivity contribution in [1.29, 1.82) is 0 Å². The van der Waals surface area contributed by atoms with Crippen molar-refractivity contribution < 1.29 is 0 Å². The molecule has 0 saturated carbocycles. The molecule has 0 radical (unpaired) electrons. The van der Waals surface area contributed by atoms with Gasteiger partial charge in [-0.05, 0) is 13.6 Å². The summed E-state index contributed by atoms with van der Waals surface area (Å²) >= 11 is 0. The lowest BCUT2D eigenvalue weighted by Gasteiger charge is -2.07. The minimum atomic E-state index is 0.801. The van der Waals surface area contributed by atoms with Gasteiger partial charge in [-0.15, -0.1) is 0 Å². The van der Waals surface area contributed by atoms with E-state index < -0.39 is 0 Å². The van der Waals surface area contributed by atoms with Crippen LogP contribution in [-0.4, -0.2) is 24.6 Å². The van der Waals surface area contributed by atoms with E-state index in [1.54, 1.807) is 11.2 Å². The maximum atomic E-state index is 3.84. The normalized spacial score (nSPS) is 9.44. The Hall–Kier alpha value is -1.12. The second-order valence-electron chi connectivity index (χ2n) is 1.35. The fourth-order valence-corrected chi connectivity index (χ4v) is 0.361. The summed E-state index contributed by atoms with van der Waals surface area (Å²) in [7, 11) is 0. The van der Waals surface area contributed by atoms with Crippen LogP contribution in [0.1, 0.15) is 6.92 Å². The van der Waals surface area contributed by atoms with E-state index in [0.717, 1.165) is 6.54 Å². The lowest BCUT2D eigenvalue weighted by Crippen LogP contribution is -2.07. The van der Waals surface area contributed by atoms with Gasteiger partial charge in [-0.1, -0.05) is 6.58 Å². The highest BCUT2D eigenvalue weighted by Crippen LogP contribution is 1.85. The second kappa shape index (κ2) is 5.03. The van der Waals surface area contributed by atoms with Crippen LogP contribution in [0.5, 0.6) is 0 Å². The molecular formula is C6H11N3. The molecule has 0 unspecified atom stereocenters. The molecule has 0 aliphatic rings. The number of rotatable bonds is 4. The van der Waals surface area contributed by atoms with Crippen LogP contribution in [0.25, 0.3) is 0 Å². The first-order valence-corrected chi connectivity index (χ1v) is 2.72. The van der Waals surface area contributed by atoms with E-state index in [0.29, 0.717) is 0 Å². The summed E-state index contributed by atoms with van der Waals surface area (Å²) in [5, 5.41) is 5.50. The van der Waals surface area contributed by atoms with E-state index in [-0.39, 0.29) is 0 Å². The quantitative estimate of drug-likeness (QED) is 0.314. The van der Waals surface area contributed by atoms with Crippen molar-refractivity contribution in [2.24, 2.45) is 10.1 Å². The van der Waals surface area contributed by atoms with Gasteiger partial charge in [-0.25, -0.2) is 0 Å². The monoisotopic (exact) mass is 125 g/mol. The molecule has 0 aromatic heterocycles. The number of aliphatic imine (C=N–C) groups is 1. The van der Waals surface area contributed by atoms with Crippen molar-refractivity contribution in [3.63, 3.8) is 0 Å². The van der Waals surface area contributed by atoms with Gasteiger partial charge >= 0.3 is 0 Å². The molecule has 50 valence electrons. The van der Waals surface area contributed by atoms with Gasteiger partial charge in [0.25, 0.3) is 0 Å². The van der Waals surface area contributed by atoms with E-state index in [9.17, 15) is 0 Å². The first kappa shape index (κ1) is 7.88. The van der Waals surface area contributed by atoms with Gasteiger partial charge < -0.3 is 0 Å². The van der Waals surface area contributed by atoms with E-state index in [1.807, 2.05) is 6.92 Å². The SMILES string of the molecule is C=CN(CC)/N=C\N=C. The van der Waals surface area contributed by atoms with Crippen LogP contribution in [-0.2, 0) is 0 Å². The fraction of sp³-hybridized carbons (Fsp3) is 0.333. The molecule has 9 heavy (non-hydrogen) atoms. The maximum absolute atomic E-state index is 3.84. The van der Waals surface area contributed by atoms with Gasteiger partial charge in [0.1, 0.15) is 6.34 Å². The summed E-state index contributed by atoms with van der Waals surface area (Å²) in [6.45, 7) is 9.55. The van der Waals surface area contributed by atoms with Crippen molar-refractivity contribution in [2.45, 2.75) is 6.92 Å². The molecule has 0 N–H and O–H groups in total. The van der Waals surface area contributed by atoms with E-state index in [4.69, 9.17) is 0 Å². The van der Waals surface area contributed by atoms with Crippen LogP contribution in [0.15, 0.2) is 22.9 Å². The Morgan fingerprint density at radius 3 is 2.67 bits per heavy atom. The molecule has 0 amide bonds. The summed E-state index contributed by atoms with van der Waals surface area (Å²) in [6, 6.07) is 0. The molecule has 0 atom stereocenters. The highest BCUT2D eigenvalue weighted by Gasteiger charge is 1.83. The molecule has 0 aliphatic heterocycles. The first-order valence-electron chi connectivity index (χ1n) is 2.72. The average molecular weight is 125 g/mol. The van der Waals surface area contributed by atoms with Crippen molar-refractivity contribution in [1.82, 2.24) is 5.01 Å². The topological polar surface area (TPSA) is 28.0 Å². The Morgan fingerprint density at radius 1 is 1.67 bits per heavy atom. The van der Waals surface area contributed by atoms with Gasteiger partial charge in [-0.3, -0.25) is 10.0 Å². The van der Waals surface area contributed by atoms with Gasteiger partial charge in [0.15, 0.2) is 0 Å². The lowest BCUT2D eigenvalue weighted by molar-refractivity contribution is 0.425. The minimum Gasteiger partial charge on any atom is -0.272 e. The van der Waals surface area contributed by atoms with Crippen molar-refractivity contribution >= 4 is 13.1 Å². The number of hydrogen-bond acceptors (Lipinski definition) is 2. The number of hydrogen-bond donors (Lipinski definition) is 0. The van der Waals surface area contributed by atoms with Gasteiger partial charge in [0, 0.05) is 12.7 Å². The first-order chi connectivity index (χ1) is 4.35. The molecule has 0 aromatic carbocycles. The zero-order valence-corrected chi connectivity index (χ0v) is 5.62. The molecule has 0 aliphatic carbocycles. The zero-order chi connectivity index (χ0) is 7.11. The third kappa shape index (κ3) is 3.46. The van der Waals surface area contributed by atoms with E-state index in [1.165, 1.54) is 6.34 Å². The molecule has 0 spiro atoms. The van der Waals surface area contributed by atoms with Gasteiger partial charge in [0.2, 0.25) is 0 Å². The molecule has 0 aromatic rings. The molecule has 3 heteroatoms. The zero-order valence-electron chi connectivity index (χ0n) is 5.62. The van der Waals surface area contributed by atoms with Crippen LogP contribution >= 0.6 is 0 Å². The Kier molecular flexibility index (Phi) is 4.40. The number of nitrogens with zero attached hydrogens (tertiary/aromatic N) is 3. The second-order valence-corrected chi connectivity index (χ2v) is 1.35. The standard InChI is InChI=1S/C6H11N3/c1-4-9(5-2)8-6-7-3/h4,6H,1,3,5H2,2H3/b8-6-. The smallest absolute Gasteiger partial charge is 0.135 e. The Balaban J connectivity index is 3.66. The van der Waals surface area contributed by atoms with E-state index >= 15 is 0 Å². The molecule has 0 heterocycles. The summed E-state index contributed by atoms with van der Waals surface area (Å²) in [5.74, 6) is 0. The third-order valence-corrected chi connectivity index (χ3v) is 0.816. The molecular weight excluding hydrogens is 114 g/mol. The van der Waals surface area contributed by atoms with Crippen LogP contribution in [0.2, 0.25) is 0 Å². The van der Waals surface area contributed by atoms with Crippen molar-refractivity contribution in [2.75, 3.05) is 6.54 Å². The largest absolute Gasteiger partial charge is 0.272 e. The van der Waals surface area contributed by atoms with Gasteiger partial charge in [0.05, 0.1) is 0 Å². The van der Waals surface area contributed by atoms with Crippen molar-refractivity contribution in [3.8, 4) is 0 Å². The Labute approximate surface area is 55.4 Å².